The van der Waals surface area contributed by atoms with E-state index in [4.69, 9.17) is 32.8 Å². The predicted molar refractivity (Wildman–Crippen MR) is 117 cm³/mol. The molecule has 168 valence electrons. The highest BCUT2D eigenvalue weighted by Gasteiger charge is 2.22. The summed E-state index contributed by atoms with van der Waals surface area (Å²) in [6, 6.07) is 11.7. The number of hydrogen-bond donors (Lipinski definition) is 4. The molecular weight excluding hydrogens is 461 g/mol. The van der Waals surface area contributed by atoms with Crippen molar-refractivity contribution in [3.05, 3.63) is 79.8 Å². The van der Waals surface area contributed by atoms with Crippen molar-refractivity contribution in [3.63, 3.8) is 0 Å². The Hall–Kier alpha value is -3.11. The van der Waals surface area contributed by atoms with Crippen LogP contribution in [0.15, 0.2) is 51.8 Å². The molecule has 0 unspecified atom stereocenters. The van der Waals surface area contributed by atoms with Crippen LogP contribution in [-0.2, 0) is 11.3 Å². The Morgan fingerprint density at radius 3 is 2.47 bits per heavy atom. The minimum Gasteiger partial charge on any atom is -0.479 e. The molecule has 3 rings (SSSR count). The standard InChI is InChI=1S/C21H19Cl2N3O6/c1-11-15(6-14(22)7-16(11)23)13-4-2-12(3-5-13)9-26(10-17(27)21(30)31)24-20(29)18-8-19(28)25-32-18/h2-8,17,27H,9-10H2,1H3,(H,24,29)(H,25,28)(H,30,31)/t17-/m0/s1. The van der Waals surface area contributed by atoms with Crippen LogP contribution in [0.1, 0.15) is 21.7 Å². The number of hydrazine groups is 1. The first-order chi connectivity index (χ1) is 15.1. The van der Waals surface area contributed by atoms with Crippen LogP contribution >= 0.6 is 23.2 Å². The van der Waals surface area contributed by atoms with E-state index in [1.54, 1.807) is 24.3 Å². The van der Waals surface area contributed by atoms with E-state index in [2.05, 4.69) is 5.43 Å². The third-order valence-electron chi connectivity index (χ3n) is 4.63. The molecule has 0 saturated heterocycles. The second kappa shape index (κ2) is 10.0. The van der Waals surface area contributed by atoms with Gasteiger partial charge in [-0.1, -0.05) is 47.5 Å². The highest BCUT2D eigenvalue weighted by molar-refractivity contribution is 6.35. The van der Waals surface area contributed by atoms with Gasteiger partial charge in [-0.2, -0.15) is 5.16 Å². The zero-order chi connectivity index (χ0) is 23.4. The molecule has 0 spiro atoms. The van der Waals surface area contributed by atoms with Gasteiger partial charge in [0.15, 0.2) is 6.10 Å². The largest absolute Gasteiger partial charge is 0.479 e. The zero-order valence-corrected chi connectivity index (χ0v) is 18.3. The molecule has 0 bridgehead atoms. The number of aliphatic hydroxyl groups is 1. The lowest BCUT2D eigenvalue weighted by Gasteiger charge is -2.24. The first kappa shape index (κ1) is 23.6. The lowest BCUT2D eigenvalue weighted by atomic mass is 9.99. The van der Waals surface area contributed by atoms with Crippen molar-refractivity contribution in [2.45, 2.75) is 19.6 Å². The van der Waals surface area contributed by atoms with E-state index in [-0.39, 0.29) is 12.3 Å². The fraction of sp³-hybridized carbons (Fsp3) is 0.190. The third kappa shape index (κ3) is 5.77. The van der Waals surface area contributed by atoms with Gasteiger partial charge in [-0.15, -0.1) is 0 Å². The van der Waals surface area contributed by atoms with E-state index < -0.39 is 30.1 Å². The van der Waals surface area contributed by atoms with Gasteiger partial charge in [0.25, 0.3) is 5.56 Å². The van der Waals surface area contributed by atoms with Crippen LogP contribution in [0.25, 0.3) is 11.1 Å². The first-order valence-corrected chi connectivity index (χ1v) is 10.1. The van der Waals surface area contributed by atoms with E-state index in [0.29, 0.717) is 15.6 Å². The third-order valence-corrected chi connectivity index (χ3v) is 5.24. The topological polar surface area (TPSA) is 136 Å². The summed E-state index contributed by atoms with van der Waals surface area (Å²) >= 11 is 12.3. The molecule has 4 N–H and O–H groups in total. The average Bonchev–Trinajstić information content (AvgIpc) is 3.17. The Kier molecular flexibility index (Phi) is 7.37. The van der Waals surface area contributed by atoms with Crippen LogP contribution in [0, 0.1) is 6.92 Å². The van der Waals surface area contributed by atoms with Crippen LogP contribution < -0.4 is 11.0 Å². The van der Waals surface area contributed by atoms with Gasteiger partial charge in [0, 0.05) is 16.6 Å². The maximum atomic E-state index is 12.3. The number of H-pyrrole nitrogens is 1. The molecule has 9 nitrogen and oxygen atoms in total. The molecule has 0 aliphatic carbocycles. The summed E-state index contributed by atoms with van der Waals surface area (Å²) in [4.78, 5) is 34.5. The second-order valence-electron chi connectivity index (χ2n) is 7.01. The van der Waals surface area contributed by atoms with E-state index >= 15 is 0 Å². The second-order valence-corrected chi connectivity index (χ2v) is 7.85. The number of carbonyl (C=O) groups is 2. The normalized spacial score (nSPS) is 12.0. The Morgan fingerprint density at radius 1 is 1.19 bits per heavy atom. The Labute approximate surface area is 192 Å². The number of aliphatic hydroxyl groups excluding tert-OH is 1. The van der Waals surface area contributed by atoms with Crippen molar-refractivity contribution in [2.75, 3.05) is 6.54 Å². The maximum absolute atomic E-state index is 12.3. The number of nitrogens with zero attached hydrogens (tertiary/aromatic N) is 1. The fourth-order valence-electron chi connectivity index (χ4n) is 2.99. The van der Waals surface area contributed by atoms with Gasteiger partial charge in [0.2, 0.25) is 5.76 Å². The number of carboxylic acid groups (broad SMARTS) is 1. The summed E-state index contributed by atoms with van der Waals surface area (Å²) < 4.78 is 4.75. The molecule has 0 radical (unpaired) electrons. The Bertz CT molecular complexity index is 1190. The molecule has 0 aliphatic heterocycles. The summed E-state index contributed by atoms with van der Waals surface area (Å²) in [6.45, 7) is 1.55. The molecule has 32 heavy (non-hydrogen) atoms. The lowest BCUT2D eigenvalue weighted by Crippen LogP contribution is -2.47. The molecule has 1 heterocycles. The number of aromatic amines is 1. The van der Waals surface area contributed by atoms with Gasteiger partial charge in [0.1, 0.15) is 0 Å². The van der Waals surface area contributed by atoms with Crippen LogP contribution in [0.5, 0.6) is 0 Å². The molecule has 3 aromatic rings. The van der Waals surface area contributed by atoms with Gasteiger partial charge in [-0.05, 0) is 41.3 Å². The van der Waals surface area contributed by atoms with Crippen LogP contribution in [-0.4, -0.2) is 44.9 Å². The quantitative estimate of drug-likeness (QED) is 0.364. The Balaban J connectivity index is 1.80. The predicted octanol–water partition coefficient (Wildman–Crippen LogP) is 2.84. The SMILES string of the molecule is Cc1c(Cl)cc(Cl)cc1-c1ccc(CN(C[C@H](O)C(=O)O)NC(=O)c2cc(=O)[nH]o2)cc1. The van der Waals surface area contributed by atoms with Gasteiger partial charge in [-0.3, -0.25) is 15.0 Å². The highest BCUT2D eigenvalue weighted by Crippen LogP contribution is 2.32. The number of carbonyl (C=O) groups excluding carboxylic acids is 1. The van der Waals surface area contributed by atoms with Crippen molar-refractivity contribution in [2.24, 2.45) is 0 Å². The molecule has 1 amide bonds. The molecule has 1 aromatic heterocycles. The number of aliphatic carboxylic acids is 1. The van der Waals surface area contributed by atoms with Crippen molar-refractivity contribution >= 4 is 35.1 Å². The number of rotatable bonds is 8. The Morgan fingerprint density at radius 2 is 1.88 bits per heavy atom. The average molecular weight is 480 g/mol. The monoisotopic (exact) mass is 479 g/mol. The van der Waals surface area contributed by atoms with E-state index in [1.165, 1.54) is 5.01 Å². The van der Waals surface area contributed by atoms with Crippen molar-refractivity contribution in [3.8, 4) is 11.1 Å². The lowest BCUT2D eigenvalue weighted by molar-refractivity contribution is -0.148. The molecule has 2 aromatic carbocycles. The van der Waals surface area contributed by atoms with Gasteiger partial charge in [-0.25, -0.2) is 9.80 Å². The van der Waals surface area contributed by atoms with E-state index in [1.807, 2.05) is 24.2 Å². The molecule has 0 fully saturated rings. The summed E-state index contributed by atoms with van der Waals surface area (Å²) in [6.07, 6.45) is -1.75. The van der Waals surface area contributed by atoms with Crippen LogP contribution in [0.4, 0.5) is 0 Å². The van der Waals surface area contributed by atoms with E-state index in [0.717, 1.165) is 22.8 Å². The van der Waals surface area contributed by atoms with Gasteiger partial charge >= 0.3 is 11.9 Å². The number of hydrogen-bond acceptors (Lipinski definition) is 6. The fourth-order valence-corrected chi connectivity index (χ4v) is 3.48. The number of amides is 1. The number of carboxylic acids is 1. The molecule has 0 saturated carbocycles. The van der Waals surface area contributed by atoms with Gasteiger partial charge in [0.05, 0.1) is 12.6 Å². The number of aromatic nitrogens is 1. The van der Waals surface area contributed by atoms with Crippen molar-refractivity contribution in [1.29, 1.82) is 0 Å². The number of nitrogens with one attached hydrogen (secondary N) is 2. The molecular formula is C21H19Cl2N3O6. The van der Waals surface area contributed by atoms with Crippen LogP contribution in [0.3, 0.4) is 0 Å². The van der Waals surface area contributed by atoms with Crippen LogP contribution in [0.2, 0.25) is 10.0 Å². The maximum Gasteiger partial charge on any atom is 0.333 e. The molecule has 11 heteroatoms. The summed E-state index contributed by atoms with van der Waals surface area (Å²) in [7, 11) is 0. The smallest absolute Gasteiger partial charge is 0.333 e. The summed E-state index contributed by atoms with van der Waals surface area (Å²) in [5, 5.41) is 23.0. The zero-order valence-electron chi connectivity index (χ0n) is 16.8. The summed E-state index contributed by atoms with van der Waals surface area (Å²) in [5.74, 6) is -2.50. The number of halogens is 2. The van der Waals surface area contributed by atoms with Gasteiger partial charge < -0.3 is 14.7 Å². The number of benzene rings is 2. The highest BCUT2D eigenvalue weighted by atomic mass is 35.5. The van der Waals surface area contributed by atoms with Crippen molar-refractivity contribution < 1.29 is 24.3 Å². The first-order valence-electron chi connectivity index (χ1n) is 9.34. The summed E-state index contributed by atoms with van der Waals surface area (Å²) in [5.41, 5.74) is 5.15. The molecule has 1 atom stereocenters. The minimum absolute atomic E-state index is 0.0697. The molecule has 0 aliphatic rings. The minimum atomic E-state index is -1.75. The van der Waals surface area contributed by atoms with E-state index in [9.17, 15) is 19.5 Å². The van der Waals surface area contributed by atoms with Crippen molar-refractivity contribution in [1.82, 2.24) is 15.6 Å².